The van der Waals surface area contributed by atoms with E-state index in [1.807, 2.05) is 25.0 Å². The summed E-state index contributed by atoms with van der Waals surface area (Å²) in [6.45, 7) is 10.4. The van der Waals surface area contributed by atoms with E-state index >= 15 is 0 Å². The zero-order valence-corrected chi connectivity index (χ0v) is 15.1. The highest BCUT2D eigenvalue weighted by molar-refractivity contribution is 4.82. The van der Waals surface area contributed by atoms with Crippen molar-refractivity contribution in [3.63, 3.8) is 0 Å². The van der Waals surface area contributed by atoms with Gasteiger partial charge in [0.15, 0.2) is 0 Å². The van der Waals surface area contributed by atoms with E-state index in [9.17, 15) is 0 Å². The second kappa shape index (κ2) is 8.90. The van der Waals surface area contributed by atoms with Gasteiger partial charge in [0.2, 0.25) is 0 Å². The summed E-state index contributed by atoms with van der Waals surface area (Å²) in [4.78, 5) is 8.41. The second-order valence-corrected chi connectivity index (χ2v) is 7.48. The molecule has 2 aromatic rings. The Kier molecular flexibility index (Phi) is 6.87. The minimum absolute atomic E-state index is 0.573. The van der Waals surface area contributed by atoms with Crippen LogP contribution in [-0.2, 0) is 6.54 Å². The van der Waals surface area contributed by atoms with Crippen LogP contribution in [0.25, 0.3) is 0 Å². The molecule has 0 spiro atoms. The molecule has 0 N–H and O–H groups in total. The third kappa shape index (κ3) is 5.85. The van der Waals surface area contributed by atoms with Crippen LogP contribution in [0.5, 0.6) is 0 Å². The van der Waals surface area contributed by atoms with Crippen LogP contribution in [0.4, 0.5) is 0 Å². The first-order valence-corrected chi connectivity index (χ1v) is 8.99. The molecule has 0 aliphatic rings. The fourth-order valence-corrected chi connectivity index (χ4v) is 3.16. The molecule has 128 valence electrons. The lowest BCUT2D eigenvalue weighted by Gasteiger charge is -2.25. The van der Waals surface area contributed by atoms with Crippen LogP contribution < -0.4 is 0 Å². The first kappa shape index (κ1) is 17.8. The lowest BCUT2D eigenvalue weighted by molar-refractivity contribution is 0.274. The summed E-state index contributed by atoms with van der Waals surface area (Å²) >= 11 is 0. The van der Waals surface area contributed by atoms with Crippen LogP contribution in [-0.4, -0.2) is 19.1 Å². The Morgan fingerprint density at radius 3 is 2.09 bits per heavy atom. The van der Waals surface area contributed by atoms with Crippen molar-refractivity contribution in [3.05, 3.63) is 37.4 Å². The van der Waals surface area contributed by atoms with Gasteiger partial charge in [-0.15, -0.1) is 0 Å². The van der Waals surface area contributed by atoms with Crippen molar-refractivity contribution in [1.82, 2.24) is 19.1 Å². The van der Waals surface area contributed by atoms with Crippen LogP contribution >= 0.6 is 0 Å². The molecule has 0 aliphatic heterocycles. The summed E-state index contributed by atoms with van der Waals surface area (Å²) in [5.41, 5.74) is 0. The van der Waals surface area contributed by atoms with Gasteiger partial charge in [-0.05, 0) is 43.4 Å². The maximum atomic E-state index is 4.24. The Morgan fingerprint density at radius 1 is 0.826 bits per heavy atom. The molecule has 2 aromatic heterocycles. The lowest BCUT2D eigenvalue weighted by atomic mass is 9.88. The molecule has 4 nitrogen and oxygen atoms in total. The number of aromatic nitrogens is 4. The summed E-state index contributed by atoms with van der Waals surface area (Å²) in [6, 6.07) is 0.573. The number of nitrogens with zero attached hydrogens (tertiary/aromatic N) is 4. The predicted molar refractivity (Wildman–Crippen MR) is 95.1 cm³/mol. The summed E-state index contributed by atoms with van der Waals surface area (Å²) in [5, 5.41) is 0. The van der Waals surface area contributed by atoms with E-state index < -0.39 is 0 Å². The molecule has 2 rings (SSSR count). The molecule has 0 aliphatic carbocycles. The Morgan fingerprint density at radius 2 is 1.52 bits per heavy atom. The van der Waals surface area contributed by atoms with Gasteiger partial charge in [-0.2, -0.15) is 0 Å². The maximum Gasteiger partial charge on any atom is 0.0948 e. The maximum absolute atomic E-state index is 4.24. The smallest absolute Gasteiger partial charge is 0.0948 e. The summed E-state index contributed by atoms with van der Waals surface area (Å²) in [5.74, 6) is 2.13. The van der Waals surface area contributed by atoms with Crippen LogP contribution in [0.1, 0.15) is 59.4 Å². The fraction of sp³-hybridized carbons (Fsp3) is 0.684. The van der Waals surface area contributed by atoms with Gasteiger partial charge >= 0.3 is 0 Å². The molecule has 0 aromatic carbocycles. The second-order valence-electron chi connectivity index (χ2n) is 7.48. The van der Waals surface area contributed by atoms with Crippen molar-refractivity contribution in [3.8, 4) is 0 Å². The van der Waals surface area contributed by atoms with E-state index in [1.54, 1.807) is 0 Å². The third-order valence-corrected chi connectivity index (χ3v) is 4.84. The molecule has 2 unspecified atom stereocenters. The van der Waals surface area contributed by atoms with Gasteiger partial charge in [0.1, 0.15) is 0 Å². The molecule has 0 radical (unpaired) electrons. The SMILES string of the molecule is CC(C)CCC(CCC(Cn1ccnc1)C(C)C)n1ccnc1. The standard InChI is InChI=1S/C19H32N4/c1-16(2)5-7-19(23-12-10-21-15-23)8-6-18(17(3)4)13-22-11-9-20-14-22/h9-12,14-19H,5-8,13H2,1-4H3. The van der Waals surface area contributed by atoms with Crippen LogP contribution in [0.3, 0.4) is 0 Å². The predicted octanol–water partition coefficient (Wildman–Crippen LogP) is 4.81. The largest absolute Gasteiger partial charge is 0.337 e. The van der Waals surface area contributed by atoms with Gasteiger partial charge in [0.05, 0.1) is 12.7 Å². The van der Waals surface area contributed by atoms with E-state index in [2.05, 4.69) is 59.2 Å². The fourth-order valence-electron chi connectivity index (χ4n) is 3.16. The molecule has 0 bridgehead atoms. The summed E-state index contributed by atoms with van der Waals surface area (Å²) in [7, 11) is 0. The number of imidazole rings is 2. The first-order chi connectivity index (χ1) is 11.1. The average molecular weight is 316 g/mol. The molecule has 2 heterocycles. The van der Waals surface area contributed by atoms with Crippen molar-refractivity contribution in [2.45, 2.75) is 66.0 Å². The van der Waals surface area contributed by atoms with Gasteiger partial charge in [-0.1, -0.05) is 27.7 Å². The molecule has 0 amide bonds. The number of hydrogen-bond donors (Lipinski definition) is 0. The van der Waals surface area contributed by atoms with Gasteiger partial charge in [-0.25, -0.2) is 9.97 Å². The molecule has 0 saturated heterocycles. The lowest BCUT2D eigenvalue weighted by Crippen LogP contribution is -2.18. The van der Waals surface area contributed by atoms with Gasteiger partial charge in [0, 0.05) is 37.4 Å². The molecular weight excluding hydrogens is 284 g/mol. The van der Waals surface area contributed by atoms with Gasteiger partial charge < -0.3 is 9.13 Å². The highest BCUT2D eigenvalue weighted by Gasteiger charge is 2.18. The Balaban J connectivity index is 1.94. The summed E-state index contributed by atoms with van der Waals surface area (Å²) in [6.07, 6.45) is 16.8. The van der Waals surface area contributed by atoms with Gasteiger partial charge in [0.25, 0.3) is 0 Å². The van der Waals surface area contributed by atoms with Crippen molar-refractivity contribution in [2.24, 2.45) is 17.8 Å². The first-order valence-electron chi connectivity index (χ1n) is 8.99. The van der Waals surface area contributed by atoms with E-state index in [1.165, 1.54) is 25.7 Å². The van der Waals surface area contributed by atoms with Crippen LogP contribution in [0, 0.1) is 17.8 Å². The molecule has 23 heavy (non-hydrogen) atoms. The van der Waals surface area contributed by atoms with E-state index in [-0.39, 0.29) is 0 Å². The topological polar surface area (TPSA) is 35.6 Å². The molecule has 4 heteroatoms. The summed E-state index contributed by atoms with van der Waals surface area (Å²) < 4.78 is 4.52. The minimum Gasteiger partial charge on any atom is -0.337 e. The van der Waals surface area contributed by atoms with Crippen molar-refractivity contribution in [2.75, 3.05) is 0 Å². The monoisotopic (exact) mass is 316 g/mol. The quantitative estimate of drug-likeness (QED) is 0.630. The highest BCUT2D eigenvalue weighted by Crippen LogP contribution is 2.28. The Bertz CT molecular complexity index is 514. The van der Waals surface area contributed by atoms with Crippen molar-refractivity contribution < 1.29 is 0 Å². The third-order valence-electron chi connectivity index (χ3n) is 4.84. The molecule has 0 fully saturated rings. The zero-order chi connectivity index (χ0) is 16.7. The zero-order valence-electron chi connectivity index (χ0n) is 15.1. The highest BCUT2D eigenvalue weighted by atomic mass is 15.1. The van der Waals surface area contributed by atoms with Crippen LogP contribution in [0.15, 0.2) is 37.4 Å². The molecule has 2 atom stereocenters. The normalized spacial score (nSPS) is 14.5. The van der Waals surface area contributed by atoms with Crippen molar-refractivity contribution in [1.29, 1.82) is 0 Å². The van der Waals surface area contributed by atoms with E-state index in [0.717, 1.165) is 12.5 Å². The van der Waals surface area contributed by atoms with Gasteiger partial charge in [-0.3, -0.25) is 0 Å². The van der Waals surface area contributed by atoms with Crippen LogP contribution in [0.2, 0.25) is 0 Å². The van der Waals surface area contributed by atoms with E-state index in [4.69, 9.17) is 0 Å². The number of hydrogen-bond acceptors (Lipinski definition) is 2. The molecular formula is C19H32N4. The van der Waals surface area contributed by atoms with E-state index in [0.29, 0.717) is 17.9 Å². The Hall–Kier alpha value is -1.58. The van der Waals surface area contributed by atoms with Crippen molar-refractivity contribution >= 4 is 0 Å². The molecule has 0 saturated carbocycles. The minimum atomic E-state index is 0.573. The Labute approximate surface area is 141 Å². The average Bonchev–Trinajstić information content (AvgIpc) is 3.18. The number of rotatable bonds is 10.